The molecule has 2 heteroatoms. The summed E-state index contributed by atoms with van der Waals surface area (Å²) in [5.74, 6) is 6.63. The van der Waals surface area contributed by atoms with Gasteiger partial charge in [-0.25, -0.2) is 0 Å². The van der Waals surface area contributed by atoms with Crippen LogP contribution in [0.3, 0.4) is 0 Å². The van der Waals surface area contributed by atoms with Crippen LogP contribution in [-0.2, 0) is 0 Å². The zero-order valence-electron chi connectivity index (χ0n) is 24.5. The van der Waals surface area contributed by atoms with Crippen LogP contribution < -0.4 is 0 Å². The van der Waals surface area contributed by atoms with Crippen LogP contribution >= 0.6 is 23.5 Å². The first-order valence-corrected chi connectivity index (χ1v) is 15.0. The number of thioether (sulfide) groups is 2. The van der Waals surface area contributed by atoms with Gasteiger partial charge < -0.3 is 0 Å². The second kappa shape index (κ2) is 11.0. The maximum atomic E-state index is 2.49. The monoisotopic (exact) mass is 472 g/mol. The highest BCUT2D eigenvalue weighted by Gasteiger charge is 2.48. The van der Waals surface area contributed by atoms with E-state index in [9.17, 15) is 0 Å². The molecule has 0 N–H and O–H groups in total. The van der Waals surface area contributed by atoms with Crippen molar-refractivity contribution in [2.24, 2.45) is 44.3 Å². The molecule has 0 aromatic carbocycles. The van der Waals surface area contributed by atoms with Gasteiger partial charge in [-0.15, -0.1) is 0 Å². The second-order valence-corrected chi connectivity index (χ2v) is 17.0. The minimum atomic E-state index is 0.303. The van der Waals surface area contributed by atoms with Gasteiger partial charge in [0.15, 0.2) is 0 Å². The summed E-state index contributed by atoms with van der Waals surface area (Å²) in [6.45, 7) is 39.1. The highest BCUT2D eigenvalue weighted by Crippen LogP contribution is 2.55. The van der Waals surface area contributed by atoms with E-state index >= 15 is 0 Å². The lowest BCUT2D eigenvalue weighted by atomic mass is 9.52. The molecule has 0 amide bonds. The van der Waals surface area contributed by atoms with Crippen molar-refractivity contribution in [1.29, 1.82) is 0 Å². The van der Waals surface area contributed by atoms with Gasteiger partial charge in [-0.3, -0.25) is 0 Å². The van der Waals surface area contributed by atoms with Crippen LogP contribution in [0.15, 0.2) is 0 Å². The van der Waals surface area contributed by atoms with Crippen molar-refractivity contribution >= 4 is 23.5 Å². The lowest BCUT2D eigenvalue weighted by Crippen LogP contribution is -2.47. The Morgan fingerprint density at radius 2 is 0.935 bits per heavy atom. The second-order valence-electron chi connectivity index (χ2n) is 14.7. The summed E-state index contributed by atoms with van der Waals surface area (Å²) in [5, 5.41) is 0. The minimum absolute atomic E-state index is 0.303. The third kappa shape index (κ3) is 7.87. The molecule has 0 spiro atoms. The molecular weight excluding hydrogens is 412 g/mol. The van der Waals surface area contributed by atoms with Crippen molar-refractivity contribution in [1.82, 2.24) is 0 Å². The molecule has 0 aliphatic rings. The molecule has 0 saturated carbocycles. The minimum Gasteiger partial charge on any atom is -0.161 e. The topological polar surface area (TPSA) is 0 Å². The molecule has 0 rings (SSSR count). The number of hydrogen-bond donors (Lipinski definition) is 0. The third-order valence-corrected chi connectivity index (χ3v) is 13.1. The Morgan fingerprint density at radius 3 is 1.32 bits per heavy atom. The Hall–Kier alpha value is 0.700. The summed E-state index contributed by atoms with van der Waals surface area (Å²) in [7, 11) is 0. The first kappa shape index (κ1) is 31.7. The maximum Gasteiger partial charge on any atom is 0.00236 e. The number of hydrogen-bond acceptors (Lipinski definition) is 2. The number of rotatable bonds is 12. The van der Waals surface area contributed by atoms with E-state index < -0.39 is 0 Å². The van der Waals surface area contributed by atoms with Crippen LogP contribution in [0, 0.1) is 44.3 Å². The molecule has 0 fully saturated rings. The van der Waals surface area contributed by atoms with Gasteiger partial charge in [0, 0.05) is 11.5 Å². The summed E-state index contributed by atoms with van der Waals surface area (Å²) in [6.07, 6.45) is 1.31. The van der Waals surface area contributed by atoms with E-state index in [1.807, 2.05) is 0 Å². The Bertz CT molecular complexity index is 526. The molecule has 0 saturated heterocycles. The SMILES string of the molecule is CC(CSCCSCC(C)C(C)(C)C(C)(C)C(C)(C)C)CC(C)(C)C(C)(C)C(C)(C)C. The summed E-state index contributed by atoms with van der Waals surface area (Å²) in [5.41, 5.74) is 1.94. The molecule has 0 heterocycles. The molecule has 188 valence electrons. The van der Waals surface area contributed by atoms with Crippen LogP contribution in [0.25, 0.3) is 0 Å². The zero-order valence-corrected chi connectivity index (χ0v) is 26.1. The fourth-order valence-corrected chi connectivity index (χ4v) is 7.22. The fourth-order valence-electron chi connectivity index (χ4n) is 4.65. The Balaban J connectivity index is 4.45. The molecule has 0 radical (unpaired) electrons. The Morgan fingerprint density at radius 1 is 0.548 bits per heavy atom. The molecule has 0 nitrogen and oxygen atoms in total. The summed E-state index contributed by atoms with van der Waals surface area (Å²) >= 11 is 4.33. The summed E-state index contributed by atoms with van der Waals surface area (Å²) in [6, 6.07) is 0. The standard InChI is InChI=1S/C29H60S2/c1-22(19-26(9,10)28(13,14)24(3,4)5)20-30-17-18-31-21-23(2)27(11,12)29(15,16)25(6,7)8/h22-23H,17-21H2,1-16H3. The lowest BCUT2D eigenvalue weighted by molar-refractivity contribution is -0.0375. The highest BCUT2D eigenvalue weighted by molar-refractivity contribution is 8.02. The smallest absolute Gasteiger partial charge is 0.00236 e. The third-order valence-electron chi connectivity index (χ3n) is 10.3. The lowest BCUT2D eigenvalue weighted by Gasteiger charge is -2.53. The van der Waals surface area contributed by atoms with Crippen molar-refractivity contribution in [3.05, 3.63) is 0 Å². The predicted molar refractivity (Wildman–Crippen MR) is 152 cm³/mol. The van der Waals surface area contributed by atoms with Crippen LogP contribution in [0.1, 0.15) is 117 Å². The van der Waals surface area contributed by atoms with Crippen LogP contribution in [0.4, 0.5) is 0 Å². The van der Waals surface area contributed by atoms with E-state index in [2.05, 4.69) is 134 Å². The molecule has 0 aromatic rings. The van der Waals surface area contributed by atoms with Crippen LogP contribution in [0.5, 0.6) is 0 Å². The molecular formula is C29H60S2. The summed E-state index contributed by atoms with van der Waals surface area (Å²) < 4.78 is 0. The van der Waals surface area contributed by atoms with Crippen molar-refractivity contribution < 1.29 is 0 Å². The van der Waals surface area contributed by atoms with E-state index in [1.165, 1.54) is 29.4 Å². The first-order chi connectivity index (χ1) is 13.5. The molecule has 31 heavy (non-hydrogen) atoms. The van der Waals surface area contributed by atoms with E-state index in [4.69, 9.17) is 0 Å². The largest absolute Gasteiger partial charge is 0.161 e. The maximum absolute atomic E-state index is 2.49. The van der Waals surface area contributed by atoms with Gasteiger partial charge in [0.1, 0.15) is 0 Å². The molecule has 0 aliphatic heterocycles. The van der Waals surface area contributed by atoms with E-state index in [-0.39, 0.29) is 0 Å². The first-order valence-electron chi connectivity index (χ1n) is 12.7. The van der Waals surface area contributed by atoms with Gasteiger partial charge >= 0.3 is 0 Å². The van der Waals surface area contributed by atoms with Crippen LogP contribution in [0.2, 0.25) is 0 Å². The van der Waals surface area contributed by atoms with Crippen molar-refractivity contribution in [2.75, 3.05) is 23.0 Å². The van der Waals surface area contributed by atoms with Gasteiger partial charge in [-0.1, -0.05) is 111 Å². The Kier molecular flexibility index (Phi) is 11.2. The highest BCUT2D eigenvalue weighted by atomic mass is 32.2. The van der Waals surface area contributed by atoms with E-state index in [0.717, 1.165) is 11.8 Å². The van der Waals surface area contributed by atoms with E-state index in [1.54, 1.807) is 0 Å². The van der Waals surface area contributed by atoms with Gasteiger partial charge in [-0.05, 0) is 62.3 Å². The summed E-state index contributed by atoms with van der Waals surface area (Å²) in [4.78, 5) is 0. The molecule has 0 bridgehead atoms. The Labute approximate surface area is 207 Å². The molecule has 0 aliphatic carbocycles. The molecule has 2 atom stereocenters. The molecule has 2 unspecified atom stereocenters. The van der Waals surface area contributed by atoms with E-state index in [0.29, 0.717) is 32.5 Å². The van der Waals surface area contributed by atoms with Gasteiger partial charge in [-0.2, -0.15) is 23.5 Å². The van der Waals surface area contributed by atoms with Crippen LogP contribution in [-0.4, -0.2) is 23.0 Å². The average Bonchev–Trinajstić information content (AvgIpc) is 2.54. The molecule has 0 aromatic heterocycles. The quantitative estimate of drug-likeness (QED) is 0.259. The normalized spacial score (nSPS) is 17.0. The van der Waals surface area contributed by atoms with Crippen molar-refractivity contribution in [2.45, 2.75) is 117 Å². The van der Waals surface area contributed by atoms with Gasteiger partial charge in [0.25, 0.3) is 0 Å². The predicted octanol–water partition coefficient (Wildman–Crippen LogP) is 10.3. The van der Waals surface area contributed by atoms with Crippen molar-refractivity contribution in [3.8, 4) is 0 Å². The van der Waals surface area contributed by atoms with Gasteiger partial charge in [0.2, 0.25) is 0 Å². The fraction of sp³-hybridized carbons (Fsp3) is 1.00. The zero-order chi connectivity index (χ0) is 25.1. The van der Waals surface area contributed by atoms with Gasteiger partial charge in [0.05, 0.1) is 0 Å². The van der Waals surface area contributed by atoms with Crippen molar-refractivity contribution in [3.63, 3.8) is 0 Å². The average molecular weight is 473 g/mol.